The third kappa shape index (κ3) is 1.31. The highest BCUT2D eigenvalue weighted by molar-refractivity contribution is 8.13. The molecule has 2 aliphatic heterocycles. The van der Waals surface area contributed by atoms with Gasteiger partial charge < -0.3 is 9.47 Å². The summed E-state index contributed by atoms with van der Waals surface area (Å²) in [4.78, 5) is -0.00978. The fourth-order valence-corrected chi connectivity index (χ4v) is 5.99. The zero-order valence-corrected chi connectivity index (χ0v) is 11.9. The van der Waals surface area contributed by atoms with Crippen molar-refractivity contribution in [1.29, 1.82) is 0 Å². The summed E-state index contributed by atoms with van der Waals surface area (Å²) in [5.41, 5.74) is 1.38. The van der Waals surface area contributed by atoms with Gasteiger partial charge in [-0.05, 0) is 23.8 Å². The lowest BCUT2D eigenvalue weighted by Gasteiger charge is -2.18. The van der Waals surface area contributed by atoms with Crippen molar-refractivity contribution in [1.82, 2.24) is 0 Å². The first kappa shape index (κ1) is 11.3. The monoisotopic (exact) mass is 278 g/mol. The molecule has 94 valence electrons. The normalized spacial score (nSPS) is 43.0. The highest BCUT2D eigenvalue weighted by atomic mass is 32.2. The number of thioether (sulfide) groups is 2. The van der Waals surface area contributed by atoms with E-state index in [9.17, 15) is 0 Å². The van der Waals surface area contributed by atoms with E-state index in [1.165, 1.54) is 5.56 Å². The van der Waals surface area contributed by atoms with E-state index in [4.69, 9.17) is 9.47 Å². The largest absolute Gasteiger partial charge is 0.497 e. The minimum atomic E-state index is -0.00978. The number of benzene rings is 1. The Hall–Kier alpha value is -0.580. The fraction of sp³-hybridized carbons (Fsp3) is 0.429. The summed E-state index contributed by atoms with van der Waals surface area (Å²) in [6.07, 6.45) is 4.59. The minimum Gasteiger partial charge on any atom is -0.497 e. The summed E-state index contributed by atoms with van der Waals surface area (Å²) in [5.74, 6) is 0.921. The fourth-order valence-electron chi connectivity index (χ4n) is 2.82. The molecular weight excluding hydrogens is 264 g/mol. The third-order valence-corrected chi connectivity index (χ3v) is 7.42. The number of hydrogen-bond acceptors (Lipinski definition) is 4. The first-order valence-corrected chi connectivity index (χ1v) is 7.76. The van der Waals surface area contributed by atoms with Gasteiger partial charge in [-0.3, -0.25) is 0 Å². The Balaban J connectivity index is 1.67. The first-order chi connectivity index (χ1) is 8.74. The molecule has 4 unspecified atom stereocenters. The zero-order chi connectivity index (χ0) is 12.4. The van der Waals surface area contributed by atoms with E-state index in [0.29, 0.717) is 10.5 Å². The predicted octanol–water partition coefficient (Wildman–Crippen LogP) is 3.03. The van der Waals surface area contributed by atoms with Crippen molar-refractivity contribution in [3.8, 4) is 5.75 Å². The molecule has 2 fully saturated rings. The van der Waals surface area contributed by atoms with Gasteiger partial charge in [-0.1, -0.05) is 18.2 Å². The molecule has 0 radical (unpaired) electrons. The summed E-state index contributed by atoms with van der Waals surface area (Å²) in [5, 5.41) is 1.29. The van der Waals surface area contributed by atoms with E-state index in [1.54, 1.807) is 7.11 Å². The van der Waals surface area contributed by atoms with Crippen LogP contribution in [0.5, 0.6) is 5.75 Å². The second-order valence-electron chi connectivity index (χ2n) is 4.86. The molecule has 2 saturated heterocycles. The summed E-state index contributed by atoms with van der Waals surface area (Å²) in [6.45, 7) is 0. The van der Waals surface area contributed by atoms with Crippen LogP contribution in [0.15, 0.2) is 36.4 Å². The van der Waals surface area contributed by atoms with Crippen LogP contribution in [0.3, 0.4) is 0 Å². The maximum atomic E-state index is 5.61. The van der Waals surface area contributed by atoms with Crippen LogP contribution in [0.2, 0.25) is 0 Å². The van der Waals surface area contributed by atoms with Crippen LogP contribution in [-0.2, 0) is 9.48 Å². The van der Waals surface area contributed by atoms with E-state index >= 15 is 0 Å². The standard InChI is InChI=1S/C14H14O2S2/c1-15-10-5-3-9(4-6-10)13-7-8-14(16-2)12(18-14)11(13)17-13/h3-8,11-12H,1-2H3. The molecule has 1 aromatic rings. The number of hydrogen-bond donors (Lipinski definition) is 0. The summed E-state index contributed by atoms with van der Waals surface area (Å²) < 4.78 is 11.0. The molecule has 4 atom stereocenters. The molecule has 0 bridgehead atoms. The van der Waals surface area contributed by atoms with Crippen LogP contribution in [0.4, 0.5) is 0 Å². The Bertz CT molecular complexity index is 527. The van der Waals surface area contributed by atoms with Crippen molar-refractivity contribution in [2.75, 3.05) is 14.2 Å². The average molecular weight is 278 g/mol. The Morgan fingerprint density at radius 2 is 1.78 bits per heavy atom. The molecule has 0 saturated carbocycles. The summed E-state index contributed by atoms with van der Waals surface area (Å²) in [6, 6.07) is 8.46. The predicted molar refractivity (Wildman–Crippen MR) is 76.3 cm³/mol. The second-order valence-corrected chi connectivity index (χ2v) is 7.66. The van der Waals surface area contributed by atoms with Gasteiger partial charge in [0.25, 0.3) is 0 Å². The van der Waals surface area contributed by atoms with Crippen molar-refractivity contribution in [3.05, 3.63) is 42.0 Å². The lowest BCUT2D eigenvalue weighted by molar-refractivity contribution is 0.134. The maximum absolute atomic E-state index is 5.61. The zero-order valence-electron chi connectivity index (χ0n) is 10.3. The Labute approximate surface area is 115 Å². The summed E-state index contributed by atoms with van der Waals surface area (Å²) >= 11 is 3.99. The topological polar surface area (TPSA) is 18.5 Å². The van der Waals surface area contributed by atoms with Crippen molar-refractivity contribution in [3.63, 3.8) is 0 Å². The van der Waals surface area contributed by atoms with E-state index < -0.39 is 0 Å². The van der Waals surface area contributed by atoms with E-state index in [1.807, 2.05) is 42.8 Å². The van der Waals surface area contributed by atoms with Crippen molar-refractivity contribution in [2.45, 2.75) is 20.2 Å². The first-order valence-electron chi connectivity index (χ1n) is 6.00. The molecule has 18 heavy (non-hydrogen) atoms. The van der Waals surface area contributed by atoms with Gasteiger partial charge >= 0.3 is 0 Å². The Morgan fingerprint density at radius 1 is 1.00 bits per heavy atom. The van der Waals surface area contributed by atoms with Gasteiger partial charge in [0.05, 0.1) is 17.1 Å². The van der Waals surface area contributed by atoms with Crippen LogP contribution in [0.25, 0.3) is 0 Å². The molecule has 0 amide bonds. The molecule has 2 heterocycles. The Kier molecular flexibility index (Phi) is 2.19. The SMILES string of the molecule is COc1ccc(C23C=CC4(OC)SC4C2S3)cc1. The molecule has 3 aliphatic rings. The average Bonchev–Trinajstić information content (AvgIpc) is 3.30. The molecule has 1 aromatic carbocycles. The van der Waals surface area contributed by atoms with Gasteiger partial charge in [-0.2, -0.15) is 0 Å². The highest BCUT2D eigenvalue weighted by Crippen LogP contribution is 2.77. The molecular formula is C14H14O2S2. The lowest BCUT2D eigenvalue weighted by atomic mass is 9.88. The number of fused-ring (bicyclic) bond motifs is 3. The van der Waals surface area contributed by atoms with Gasteiger partial charge in [0, 0.05) is 12.4 Å². The highest BCUT2D eigenvalue weighted by Gasteiger charge is 2.74. The van der Waals surface area contributed by atoms with Crippen LogP contribution < -0.4 is 4.74 Å². The maximum Gasteiger partial charge on any atom is 0.145 e. The van der Waals surface area contributed by atoms with Gasteiger partial charge in [0.1, 0.15) is 10.7 Å². The molecule has 4 rings (SSSR count). The number of rotatable bonds is 3. The van der Waals surface area contributed by atoms with Crippen LogP contribution in [0.1, 0.15) is 5.56 Å². The van der Waals surface area contributed by atoms with Crippen LogP contribution in [0, 0.1) is 0 Å². The molecule has 0 aromatic heterocycles. The molecule has 0 N–H and O–H groups in total. The van der Waals surface area contributed by atoms with E-state index in [0.717, 1.165) is 5.75 Å². The smallest absolute Gasteiger partial charge is 0.145 e. The van der Waals surface area contributed by atoms with E-state index in [-0.39, 0.29) is 9.68 Å². The van der Waals surface area contributed by atoms with Gasteiger partial charge in [-0.25, -0.2) is 0 Å². The minimum absolute atomic E-state index is 0.00978. The molecule has 0 spiro atoms. The number of methoxy groups -OCH3 is 2. The lowest BCUT2D eigenvalue weighted by Crippen LogP contribution is -2.26. The third-order valence-electron chi connectivity index (χ3n) is 4.04. The quantitative estimate of drug-likeness (QED) is 0.624. The van der Waals surface area contributed by atoms with Crippen LogP contribution in [-0.4, -0.2) is 29.7 Å². The Morgan fingerprint density at radius 3 is 2.44 bits per heavy atom. The van der Waals surface area contributed by atoms with Crippen LogP contribution >= 0.6 is 23.5 Å². The van der Waals surface area contributed by atoms with Crippen molar-refractivity contribution in [2.24, 2.45) is 0 Å². The summed E-state index contributed by atoms with van der Waals surface area (Å²) in [7, 11) is 3.51. The second kappa shape index (κ2) is 3.50. The van der Waals surface area contributed by atoms with Gasteiger partial charge in [0.2, 0.25) is 0 Å². The van der Waals surface area contributed by atoms with E-state index in [2.05, 4.69) is 24.3 Å². The molecule has 1 aliphatic carbocycles. The van der Waals surface area contributed by atoms with Gasteiger partial charge in [0.15, 0.2) is 0 Å². The van der Waals surface area contributed by atoms with Gasteiger partial charge in [-0.15, -0.1) is 23.5 Å². The van der Waals surface area contributed by atoms with Crippen molar-refractivity contribution >= 4 is 23.5 Å². The number of ether oxygens (including phenoxy) is 2. The molecule has 4 heteroatoms. The molecule has 2 nitrogen and oxygen atoms in total. The van der Waals surface area contributed by atoms with Crippen molar-refractivity contribution < 1.29 is 9.47 Å².